The fourth-order valence-corrected chi connectivity index (χ4v) is 1.55. The Morgan fingerprint density at radius 2 is 2.38 bits per heavy atom. The smallest absolute Gasteiger partial charge is 0.120 e. The first kappa shape index (κ1) is 13.2. The third-order valence-corrected chi connectivity index (χ3v) is 2.39. The monoisotopic (exact) mass is 227 g/mol. The van der Waals surface area contributed by atoms with E-state index in [0.717, 1.165) is 25.1 Å². The van der Waals surface area contributed by atoms with Crippen LogP contribution in [0.3, 0.4) is 0 Å². The van der Waals surface area contributed by atoms with E-state index in [1.165, 1.54) is 0 Å². The quantitative estimate of drug-likeness (QED) is 0.631. The van der Waals surface area contributed by atoms with Gasteiger partial charge in [0.1, 0.15) is 5.76 Å². The van der Waals surface area contributed by atoms with Crippen LogP contribution in [0.5, 0.6) is 0 Å². The number of aliphatic hydroxyl groups is 1. The number of hydrogen-bond acceptors (Lipinski definition) is 4. The molecule has 0 saturated carbocycles. The van der Waals surface area contributed by atoms with Gasteiger partial charge in [-0.15, -0.1) is 0 Å². The fraction of sp³-hybridized carbons (Fsp3) is 0.667. The zero-order chi connectivity index (χ0) is 11.6. The van der Waals surface area contributed by atoms with E-state index >= 15 is 0 Å². The highest BCUT2D eigenvalue weighted by molar-refractivity contribution is 5.03. The summed E-state index contributed by atoms with van der Waals surface area (Å²) in [4.78, 5) is 0. The van der Waals surface area contributed by atoms with Crippen molar-refractivity contribution in [3.63, 3.8) is 0 Å². The van der Waals surface area contributed by atoms with E-state index in [4.69, 9.17) is 14.3 Å². The number of furan rings is 1. The molecule has 1 aromatic rings. The maximum Gasteiger partial charge on any atom is 0.120 e. The second kappa shape index (κ2) is 8.33. The van der Waals surface area contributed by atoms with Crippen LogP contribution in [0, 0.1) is 0 Å². The van der Waals surface area contributed by atoms with Gasteiger partial charge in [-0.3, -0.25) is 0 Å². The summed E-state index contributed by atoms with van der Waals surface area (Å²) in [7, 11) is 0. The van der Waals surface area contributed by atoms with Crippen LogP contribution in [-0.4, -0.2) is 31.5 Å². The first-order chi connectivity index (χ1) is 7.88. The molecule has 0 spiro atoms. The summed E-state index contributed by atoms with van der Waals surface area (Å²) in [6.07, 6.45) is 3.65. The molecule has 0 aliphatic heterocycles. The molecule has 4 heteroatoms. The molecule has 1 unspecified atom stereocenters. The van der Waals surface area contributed by atoms with Crippen molar-refractivity contribution in [2.75, 3.05) is 26.4 Å². The number of nitrogens with one attached hydrogen (secondary N) is 1. The molecule has 4 nitrogen and oxygen atoms in total. The molecule has 1 rings (SSSR count). The third-order valence-electron chi connectivity index (χ3n) is 2.39. The van der Waals surface area contributed by atoms with E-state index in [0.29, 0.717) is 13.2 Å². The van der Waals surface area contributed by atoms with Crippen molar-refractivity contribution in [3.8, 4) is 0 Å². The lowest BCUT2D eigenvalue weighted by atomic mass is 10.1. The highest BCUT2D eigenvalue weighted by Crippen LogP contribution is 2.16. The molecule has 16 heavy (non-hydrogen) atoms. The lowest BCUT2D eigenvalue weighted by Gasteiger charge is -2.14. The van der Waals surface area contributed by atoms with E-state index in [9.17, 15) is 0 Å². The average molecular weight is 227 g/mol. The van der Waals surface area contributed by atoms with Crippen molar-refractivity contribution >= 4 is 0 Å². The Morgan fingerprint density at radius 1 is 1.50 bits per heavy atom. The molecular weight excluding hydrogens is 206 g/mol. The summed E-state index contributed by atoms with van der Waals surface area (Å²) < 4.78 is 10.5. The maximum atomic E-state index is 8.52. The number of ether oxygens (including phenoxy) is 1. The maximum absolute atomic E-state index is 8.52. The van der Waals surface area contributed by atoms with Crippen molar-refractivity contribution in [2.45, 2.75) is 25.8 Å². The minimum atomic E-state index is 0.0947. The normalized spacial score (nSPS) is 12.9. The Labute approximate surface area is 96.6 Å². The predicted molar refractivity (Wildman–Crippen MR) is 62.3 cm³/mol. The van der Waals surface area contributed by atoms with Crippen LogP contribution in [-0.2, 0) is 4.74 Å². The minimum absolute atomic E-state index is 0.0947. The van der Waals surface area contributed by atoms with Crippen LogP contribution in [0.25, 0.3) is 0 Å². The van der Waals surface area contributed by atoms with Gasteiger partial charge in [-0.2, -0.15) is 0 Å². The molecule has 2 N–H and O–H groups in total. The van der Waals surface area contributed by atoms with Crippen LogP contribution in [0.2, 0.25) is 0 Å². The average Bonchev–Trinajstić information content (AvgIpc) is 2.82. The SMILES string of the molecule is CCC(NCCCOCCO)c1ccco1. The van der Waals surface area contributed by atoms with Crippen molar-refractivity contribution < 1.29 is 14.3 Å². The second-order valence-electron chi connectivity index (χ2n) is 3.62. The van der Waals surface area contributed by atoms with E-state index in [1.54, 1.807) is 6.26 Å². The Kier molecular flexibility index (Phi) is 6.88. The molecule has 0 amide bonds. The summed E-state index contributed by atoms with van der Waals surface area (Å²) in [6.45, 7) is 4.22. The summed E-state index contributed by atoms with van der Waals surface area (Å²) in [6, 6.07) is 4.18. The van der Waals surface area contributed by atoms with Gasteiger partial charge in [-0.25, -0.2) is 0 Å². The van der Waals surface area contributed by atoms with E-state index < -0.39 is 0 Å². The summed E-state index contributed by atoms with van der Waals surface area (Å²) in [5, 5.41) is 11.9. The van der Waals surface area contributed by atoms with Crippen molar-refractivity contribution in [1.29, 1.82) is 0 Å². The van der Waals surface area contributed by atoms with Gasteiger partial charge in [0.25, 0.3) is 0 Å². The van der Waals surface area contributed by atoms with Crippen LogP contribution in [0.4, 0.5) is 0 Å². The van der Waals surface area contributed by atoms with Gasteiger partial charge in [-0.05, 0) is 31.5 Å². The summed E-state index contributed by atoms with van der Waals surface area (Å²) >= 11 is 0. The molecule has 0 aromatic carbocycles. The number of aliphatic hydroxyl groups excluding tert-OH is 1. The second-order valence-corrected chi connectivity index (χ2v) is 3.62. The first-order valence-corrected chi connectivity index (χ1v) is 5.84. The molecule has 0 aliphatic carbocycles. The largest absolute Gasteiger partial charge is 0.468 e. The Bertz CT molecular complexity index is 249. The Hall–Kier alpha value is -0.840. The fourth-order valence-electron chi connectivity index (χ4n) is 1.55. The lowest BCUT2D eigenvalue weighted by molar-refractivity contribution is 0.0902. The molecule has 0 saturated heterocycles. The van der Waals surface area contributed by atoms with Crippen molar-refractivity contribution in [2.24, 2.45) is 0 Å². The lowest BCUT2D eigenvalue weighted by Crippen LogP contribution is -2.22. The van der Waals surface area contributed by atoms with E-state index in [-0.39, 0.29) is 12.6 Å². The molecule has 1 aromatic heterocycles. The van der Waals surface area contributed by atoms with Crippen molar-refractivity contribution in [1.82, 2.24) is 5.32 Å². The third kappa shape index (κ3) is 4.79. The zero-order valence-electron chi connectivity index (χ0n) is 9.82. The Morgan fingerprint density at radius 3 is 3.00 bits per heavy atom. The first-order valence-electron chi connectivity index (χ1n) is 5.84. The number of rotatable bonds is 9. The van der Waals surface area contributed by atoms with Gasteiger partial charge in [-0.1, -0.05) is 6.92 Å². The highest BCUT2D eigenvalue weighted by Gasteiger charge is 2.10. The highest BCUT2D eigenvalue weighted by atomic mass is 16.5. The van der Waals surface area contributed by atoms with E-state index in [1.807, 2.05) is 12.1 Å². The van der Waals surface area contributed by atoms with Crippen LogP contribution in [0.15, 0.2) is 22.8 Å². The van der Waals surface area contributed by atoms with Gasteiger partial charge in [0.05, 0.1) is 25.5 Å². The summed E-state index contributed by atoms with van der Waals surface area (Å²) in [5.41, 5.74) is 0. The predicted octanol–water partition coefficient (Wildman–Crippen LogP) is 1.72. The molecule has 1 atom stereocenters. The molecule has 0 fully saturated rings. The van der Waals surface area contributed by atoms with Gasteiger partial charge in [0.2, 0.25) is 0 Å². The topological polar surface area (TPSA) is 54.6 Å². The molecule has 92 valence electrons. The van der Waals surface area contributed by atoms with Gasteiger partial charge in [0.15, 0.2) is 0 Å². The zero-order valence-corrected chi connectivity index (χ0v) is 9.82. The molecular formula is C12H21NO3. The van der Waals surface area contributed by atoms with Crippen LogP contribution < -0.4 is 5.32 Å². The van der Waals surface area contributed by atoms with Gasteiger partial charge in [0, 0.05) is 6.61 Å². The van der Waals surface area contributed by atoms with Gasteiger partial charge < -0.3 is 19.6 Å². The molecule has 1 heterocycles. The molecule has 0 aliphatic rings. The van der Waals surface area contributed by atoms with Crippen LogP contribution >= 0.6 is 0 Å². The van der Waals surface area contributed by atoms with E-state index in [2.05, 4.69) is 12.2 Å². The van der Waals surface area contributed by atoms with Crippen molar-refractivity contribution in [3.05, 3.63) is 24.2 Å². The standard InChI is InChI=1S/C12H21NO3/c1-2-11(12-5-3-9-16-12)13-6-4-8-15-10-7-14/h3,5,9,11,13-14H,2,4,6-8,10H2,1H3. The van der Waals surface area contributed by atoms with Gasteiger partial charge >= 0.3 is 0 Å². The number of hydrogen-bond donors (Lipinski definition) is 2. The van der Waals surface area contributed by atoms with Crippen LogP contribution in [0.1, 0.15) is 31.6 Å². The molecule has 0 radical (unpaired) electrons. The summed E-state index contributed by atoms with van der Waals surface area (Å²) in [5.74, 6) is 0.985. The molecule has 0 bridgehead atoms. The minimum Gasteiger partial charge on any atom is -0.468 e. The Balaban J connectivity index is 2.11.